The molecule has 0 radical (unpaired) electrons. The van der Waals surface area contributed by atoms with Gasteiger partial charge in [0.1, 0.15) is 0 Å². The molecular weight excluding hydrogens is 314 g/mol. The smallest absolute Gasteiger partial charge is 0.317 e. The zero-order valence-electron chi connectivity index (χ0n) is 14.7. The summed E-state index contributed by atoms with van der Waals surface area (Å²) in [6.45, 7) is 2.48. The van der Waals surface area contributed by atoms with Crippen molar-refractivity contribution in [2.45, 2.75) is 38.5 Å². The number of benzene rings is 1. The van der Waals surface area contributed by atoms with Crippen LogP contribution in [-0.4, -0.2) is 43.0 Å². The van der Waals surface area contributed by atoms with Gasteiger partial charge in [0.25, 0.3) is 0 Å². The lowest BCUT2D eigenvalue weighted by Crippen LogP contribution is -2.44. The normalized spacial score (nSPS) is 23.1. The minimum absolute atomic E-state index is 0.0233. The first-order chi connectivity index (χ1) is 12.2. The van der Waals surface area contributed by atoms with Crippen molar-refractivity contribution >= 4 is 17.6 Å². The van der Waals surface area contributed by atoms with E-state index in [4.69, 9.17) is 0 Å². The van der Waals surface area contributed by atoms with Gasteiger partial charge in [0.2, 0.25) is 5.91 Å². The van der Waals surface area contributed by atoms with E-state index in [1.165, 1.54) is 31.2 Å². The summed E-state index contributed by atoms with van der Waals surface area (Å²) >= 11 is 0. The summed E-state index contributed by atoms with van der Waals surface area (Å²) in [4.78, 5) is 28.6. The van der Waals surface area contributed by atoms with Crippen LogP contribution in [0.3, 0.4) is 0 Å². The second-order valence-electron chi connectivity index (χ2n) is 7.62. The van der Waals surface area contributed by atoms with Crippen molar-refractivity contribution in [3.05, 3.63) is 29.8 Å². The molecule has 0 spiro atoms. The molecule has 5 heteroatoms. The van der Waals surface area contributed by atoms with Gasteiger partial charge in [-0.15, -0.1) is 0 Å². The van der Waals surface area contributed by atoms with E-state index in [0.717, 1.165) is 37.5 Å². The third-order valence-electron chi connectivity index (χ3n) is 6.16. The fraction of sp³-hybridized carbons (Fsp3) is 0.600. The predicted molar refractivity (Wildman–Crippen MR) is 97.5 cm³/mol. The van der Waals surface area contributed by atoms with Crippen LogP contribution in [0.15, 0.2) is 24.3 Å². The zero-order chi connectivity index (χ0) is 17.2. The lowest BCUT2D eigenvalue weighted by atomic mass is 9.90. The Morgan fingerprint density at radius 1 is 1.04 bits per heavy atom. The fourth-order valence-corrected chi connectivity index (χ4v) is 4.74. The molecule has 3 amide bonds. The van der Waals surface area contributed by atoms with E-state index in [2.05, 4.69) is 11.4 Å². The number of carbonyl (C=O) groups is 2. The number of amides is 3. The van der Waals surface area contributed by atoms with Crippen molar-refractivity contribution in [2.75, 3.05) is 31.1 Å². The van der Waals surface area contributed by atoms with E-state index in [0.29, 0.717) is 12.5 Å². The van der Waals surface area contributed by atoms with E-state index in [9.17, 15) is 9.59 Å². The maximum absolute atomic E-state index is 12.5. The minimum Gasteiger partial charge on any atom is -0.329 e. The highest BCUT2D eigenvalue weighted by atomic mass is 16.2. The molecule has 2 heterocycles. The first-order valence-electron chi connectivity index (χ1n) is 9.63. The lowest BCUT2D eigenvalue weighted by molar-refractivity contribution is -0.117. The number of urea groups is 1. The molecule has 2 aliphatic heterocycles. The molecule has 5 nitrogen and oxygen atoms in total. The molecule has 25 heavy (non-hydrogen) atoms. The van der Waals surface area contributed by atoms with Crippen molar-refractivity contribution in [1.29, 1.82) is 0 Å². The average molecular weight is 341 g/mol. The average Bonchev–Trinajstić information content (AvgIpc) is 3.38. The van der Waals surface area contributed by atoms with Crippen LogP contribution in [0.25, 0.3) is 0 Å². The fourth-order valence-electron chi connectivity index (χ4n) is 4.74. The number of rotatable bonds is 3. The molecule has 4 rings (SSSR count). The van der Waals surface area contributed by atoms with E-state index in [1.54, 1.807) is 4.90 Å². The highest BCUT2D eigenvalue weighted by Crippen LogP contribution is 2.36. The Labute approximate surface area is 149 Å². The Morgan fingerprint density at radius 3 is 2.68 bits per heavy atom. The van der Waals surface area contributed by atoms with Gasteiger partial charge in [-0.1, -0.05) is 43.9 Å². The summed E-state index contributed by atoms with van der Waals surface area (Å²) in [6.07, 6.45) is 7.36. The largest absolute Gasteiger partial charge is 0.329 e. The number of hydrogen-bond donors (Lipinski definition) is 1. The monoisotopic (exact) mass is 341 g/mol. The van der Waals surface area contributed by atoms with Gasteiger partial charge in [0.15, 0.2) is 0 Å². The number of nitrogens with zero attached hydrogens (tertiary/aromatic N) is 2. The lowest BCUT2D eigenvalue weighted by Gasteiger charge is -2.21. The van der Waals surface area contributed by atoms with Crippen molar-refractivity contribution in [3.63, 3.8) is 0 Å². The van der Waals surface area contributed by atoms with Gasteiger partial charge in [-0.25, -0.2) is 4.79 Å². The summed E-state index contributed by atoms with van der Waals surface area (Å²) in [5.41, 5.74) is 2.20. The van der Waals surface area contributed by atoms with Crippen LogP contribution in [0.5, 0.6) is 0 Å². The SMILES string of the molecule is O=C(NCC(=O)N1CCc2ccccc21)N1CCC(C2CCCC2)C1. The Hall–Kier alpha value is -2.04. The molecule has 134 valence electrons. The van der Waals surface area contributed by atoms with Gasteiger partial charge in [0, 0.05) is 25.3 Å². The summed E-state index contributed by atoms with van der Waals surface area (Å²) in [6, 6.07) is 7.92. The number of hydrogen-bond acceptors (Lipinski definition) is 2. The Kier molecular flexibility index (Phi) is 4.64. The molecule has 2 fully saturated rings. The summed E-state index contributed by atoms with van der Waals surface area (Å²) in [5, 5.41) is 2.84. The maximum atomic E-state index is 12.5. The van der Waals surface area contributed by atoms with Gasteiger partial charge < -0.3 is 15.1 Å². The zero-order valence-corrected chi connectivity index (χ0v) is 14.7. The number of anilines is 1. The van der Waals surface area contributed by atoms with Crippen molar-refractivity contribution in [1.82, 2.24) is 10.2 Å². The second-order valence-corrected chi connectivity index (χ2v) is 7.62. The molecule has 1 saturated heterocycles. The first-order valence-corrected chi connectivity index (χ1v) is 9.63. The van der Waals surface area contributed by atoms with Crippen LogP contribution >= 0.6 is 0 Å². The molecule has 1 aromatic rings. The molecule has 1 atom stereocenters. The molecule has 0 aromatic heterocycles. The number of fused-ring (bicyclic) bond motifs is 1. The molecule has 1 unspecified atom stereocenters. The number of likely N-dealkylation sites (tertiary alicyclic amines) is 1. The third-order valence-corrected chi connectivity index (χ3v) is 6.16. The van der Waals surface area contributed by atoms with E-state index < -0.39 is 0 Å². The Balaban J connectivity index is 1.27. The quantitative estimate of drug-likeness (QED) is 0.919. The van der Waals surface area contributed by atoms with Gasteiger partial charge in [-0.05, 0) is 36.3 Å². The summed E-state index contributed by atoms with van der Waals surface area (Å²) < 4.78 is 0. The minimum atomic E-state index is -0.0821. The van der Waals surface area contributed by atoms with Gasteiger partial charge >= 0.3 is 6.03 Å². The van der Waals surface area contributed by atoms with Crippen LogP contribution in [0, 0.1) is 11.8 Å². The maximum Gasteiger partial charge on any atom is 0.317 e. The predicted octanol–water partition coefficient (Wildman–Crippen LogP) is 2.80. The van der Waals surface area contributed by atoms with Crippen LogP contribution in [-0.2, 0) is 11.2 Å². The molecule has 1 saturated carbocycles. The summed E-state index contributed by atoms with van der Waals surface area (Å²) in [5.74, 6) is 1.44. The Bertz CT molecular complexity index is 654. The van der Waals surface area contributed by atoms with Crippen LogP contribution in [0.1, 0.15) is 37.7 Å². The van der Waals surface area contributed by atoms with Gasteiger partial charge in [-0.3, -0.25) is 4.79 Å². The topological polar surface area (TPSA) is 52.7 Å². The van der Waals surface area contributed by atoms with Crippen molar-refractivity contribution in [3.8, 4) is 0 Å². The second kappa shape index (κ2) is 7.06. The molecule has 0 bridgehead atoms. The van der Waals surface area contributed by atoms with E-state index in [1.807, 2.05) is 23.1 Å². The Morgan fingerprint density at radius 2 is 1.84 bits per heavy atom. The van der Waals surface area contributed by atoms with E-state index >= 15 is 0 Å². The van der Waals surface area contributed by atoms with Gasteiger partial charge in [0.05, 0.1) is 6.54 Å². The highest BCUT2D eigenvalue weighted by Gasteiger charge is 2.33. The molecular formula is C20H27N3O2. The number of nitrogens with one attached hydrogen (secondary N) is 1. The standard InChI is InChI=1S/C20H27N3O2/c24-19(23-12-10-16-7-3-4-8-18(16)23)13-21-20(25)22-11-9-17(14-22)15-5-1-2-6-15/h3-4,7-8,15,17H,1-2,5-6,9-14H2,(H,21,25). The first kappa shape index (κ1) is 16.4. The van der Waals surface area contributed by atoms with Gasteiger partial charge in [-0.2, -0.15) is 0 Å². The van der Waals surface area contributed by atoms with Crippen molar-refractivity contribution in [2.24, 2.45) is 11.8 Å². The third kappa shape index (κ3) is 3.37. The summed E-state index contributed by atoms with van der Waals surface area (Å²) in [7, 11) is 0. The van der Waals surface area contributed by atoms with Crippen LogP contribution in [0.4, 0.5) is 10.5 Å². The molecule has 1 aromatic carbocycles. The molecule has 1 aliphatic carbocycles. The number of carbonyl (C=O) groups excluding carboxylic acids is 2. The van der Waals surface area contributed by atoms with E-state index in [-0.39, 0.29) is 18.5 Å². The van der Waals surface area contributed by atoms with Crippen LogP contribution < -0.4 is 10.2 Å². The highest BCUT2D eigenvalue weighted by molar-refractivity contribution is 5.98. The molecule has 1 N–H and O–H groups in total. The number of para-hydroxylation sites is 1. The van der Waals surface area contributed by atoms with Crippen molar-refractivity contribution < 1.29 is 9.59 Å². The van der Waals surface area contributed by atoms with Crippen LogP contribution in [0.2, 0.25) is 0 Å². The molecule has 3 aliphatic rings.